The highest BCUT2D eigenvalue weighted by atomic mass is 32.1. The smallest absolute Gasteiger partial charge is 0.319 e. The zero-order valence-corrected chi connectivity index (χ0v) is 11.8. The van der Waals surface area contributed by atoms with Gasteiger partial charge >= 0.3 is 6.03 Å². The third-order valence-electron chi connectivity index (χ3n) is 2.59. The lowest BCUT2D eigenvalue weighted by Crippen LogP contribution is -2.28. The molecule has 1 heterocycles. The topological polar surface area (TPSA) is 54.0 Å². The molecule has 0 fully saturated rings. The maximum Gasteiger partial charge on any atom is 0.319 e. The molecule has 0 saturated carbocycles. The number of halogens is 2. The highest BCUT2D eigenvalue weighted by Gasteiger charge is 2.09. The fraction of sp³-hybridized carbons (Fsp3) is 0.231. The lowest BCUT2D eigenvalue weighted by Gasteiger charge is -2.07. The predicted octanol–water partition coefficient (Wildman–Crippen LogP) is 3.36. The number of hydrogen-bond acceptors (Lipinski definition) is 3. The van der Waals surface area contributed by atoms with E-state index in [1.165, 1.54) is 17.4 Å². The lowest BCUT2D eigenvalue weighted by atomic mass is 10.3. The zero-order valence-electron chi connectivity index (χ0n) is 11.0. The number of urea groups is 1. The van der Waals surface area contributed by atoms with E-state index in [9.17, 15) is 13.6 Å². The number of carbonyl (C=O) groups is 1. The molecule has 0 aliphatic carbocycles. The van der Waals surface area contributed by atoms with Crippen molar-refractivity contribution in [3.05, 3.63) is 45.4 Å². The quantitative estimate of drug-likeness (QED) is 0.912. The van der Waals surface area contributed by atoms with Gasteiger partial charge in [-0.15, -0.1) is 11.3 Å². The molecule has 0 radical (unpaired) electrons. The molecule has 0 bridgehead atoms. The summed E-state index contributed by atoms with van der Waals surface area (Å²) in [7, 11) is 0. The SMILES string of the molecule is Cc1nc(C)c(CNC(=O)Nc2ccc(F)cc2F)s1. The van der Waals surface area contributed by atoms with Crippen LogP contribution in [0.2, 0.25) is 0 Å². The number of hydrogen-bond donors (Lipinski definition) is 2. The van der Waals surface area contributed by atoms with Crippen LogP contribution in [-0.4, -0.2) is 11.0 Å². The summed E-state index contributed by atoms with van der Waals surface area (Å²) in [4.78, 5) is 16.8. The van der Waals surface area contributed by atoms with E-state index in [4.69, 9.17) is 0 Å². The number of benzene rings is 1. The average Bonchev–Trinajstić information content (AvgIpc) is 2.69. The first-order valence-corrected chi connectivity index (χ1v) is 6.70. The molecule has 0 aliphatic rings. The lowest BCUT2D eigenvalue weighted by molar-refractivity contribution is 0.251. The first kappa shape index (κ1) is 14.4. The molecule has 1 aromatic heterocycles. The number of anilines is 1. The molecule has 106 valence electrons. The summed E-state index contributed by atoms with van der Waals surface area (Å²) in [5, 5.41) is 5.85. The normalized spacial score (nSPS) is 10.4. The molecule has 7 heteroatoms. The molecule has 4 nitrogen and oxygen atoms in total. The van der Waals surface area contributed by atoms with Crippen LogP contribution in [0.3, 0.4) is 0 Å². The highest BCUT2D eigenvalue weighted by Crippen LogP contribution is 2.17. The second-order valence-electron chi connectivity index (χ2n) is 4.17. The van der Waals surface area contributed by atoms with Gasteiger partial charge in [0.25, 0.3) is 0 Å². The standard InChI is InChI=1S/C13H13F2N3OS/c1-7-12(20-8(2)17-7)6-16-13(19)18-11-4-3-9(14)5-10(11)15/h3-5H,6H2,1-2H3,(H2,16,18,19). The van der Waals surface area contributed by atoms with E-state index in [1.807, 2.05) is 13.8 Å². The Kier molecular flexibility index (Phi) is 4.29. The fourth-order valence-electron chi connectivity index (χ4n) is 1.66. The zero-order chi connectivity index (χ0) is 14.7. The van der Waals surface area contributed by atoms with Gasteiger partial charge in [0.15, 0.2) is 0 Å². The molecular formula is C13H13F2N3OS. The van der Waals surface area contributed by atoms with Crippen molar-refractivity contribution in [3.8, 4) is 0 Å². The number of amides is 2. The Hall–Kier alpha value is -2.02. The Balaban J connectivity index is 1.94. The van der Waals surface area contributed by atoms with E-state index >= 15 is 0 Å². The number of carbonyl (C=O) groups excluding carboxylic acids is 1. The van der Waals surface area contributed by atoms with Crippen molar-refractivity contribution in [2.24, 2.45) is 0 Å². The molecule has 2 N–H and O–H groups in total. The van der Waals surface area contributed by atoms with Crippen molar-refractivity contribution in [1.82, 2.24) is 10.3 Å². The van der Waals surface area contributed by atoms with E-state index in [1.54, 1.807) is 0 Å². The Morgan fingerprint density at radius 3 is 2.70 bits per heavy atom. The van der Waals surface area contributed by atoms with Gasteiger partial charge in [0.2, 0.25) is 0 Å². The van der Waals surface area contributed by atoms with Gasteiger partial charge in [-0.05, 0) is 26.0 Å². The van der Waals surface area contributed by atoms with Gasteiger partial charge in [0.1, 0.15) is 11.6 Å². The van der Waals surface area contributed by atoms with Crippen molar-refractivity contribution in [2.45, 2.75) is 20.4 Å². The van der Waals surface area contributed by atoms with Gasteiger partial charge in [-0.3, -0.25) is 0 Å². The largest absolute Gasteiger partial charge is 0.333 e. The number of nitrogens with one attached hydrogen (secondary N) is 2. The van der Waals surface area contributed by atoms with E-state index < -0.39 is 17.7 Å². The summed E-state index contributed by atoms with van der Waals surface area (Å²) in [5.41, 5.74) is 0.793. The van der Waals surface area contributed by atoms with Gasteiger partial charge in [0.05, 0.1) is 22.9 Å². The minimum atomic E-state index is -0.815. The van der Waals surface area contributed by atoms with E-state index in [-0.39, 0.29) is 5.69 Å². The molecule has 20 heavy (non-hydrogen) atoms. The fourth-order valence-corrected chi connectivity index (χ4v) is 2.53. The summed E-state index contributed by atoms with van der Waals surface area (Å²) < 4.78 is 26.1. The second kappa shape index (κ2) is 5.96. The van der Waals surface area contributed by atoms with Crippen LogP contribution >= 0.6 is 11.3 Å². The molecule has 0 aliphatic heterocycles. The van der Waals surface area contributed by atoms with E-state index in [0.29, 0.717) is 12.6 Å². The van der Waals surface area contributed by atoms with Crippen LogP contribution in [0.5, 0.6) is 0 Å². The summed E-state index contributed by atoms with van der Waals surface area (Å²) in [5.74, 6) is -1.51. The third kappa shape index (κ3) is 3.51. The van der Waals surface area contributed by atoms with Gasteiger partial charge < -0.3 is 10.6 Å². The van der Waals surface area contributed by atoms with Crippen molar-refractivity contribution in [3.63, 3.8) is 0 Å². The van der Waals surface area contributed by atoms with Crippen molar-refractivity contribution >= 4 is 23.1 Å². The number of aryl methyl sites for hydroxylation is 2. The first-order chi connectivity index (χ1) is 9.45. The molecule has 2 amide bonds. The van der Waals surface area contributed by atoms with Gasteiger partial charge in [0, 0.05) is 10.9 Å². The maximum atomic E-state index is 13.4. The molecule has 0 spiro atoms. The van der Waals surface area contributed by atoms with Crippen molar-refractivity contribution in [1.29, 1.82) is 0 Å². The number of aromatic nitrogens is 1. The molecular weight excluding hydrogens is 284 g/mol. The van der Waals surface area contributed by atoms with Crippen LogP contribution in [0.25, 0.3) is 0 Å². The summed E-state index contributed by atoms with van der Waals surface area (Å²) >= 11 is 1.49. The predicted molar refractivity (Wildman–Crippen MR) is 73.8 cm³/mol. The first-order valence-electron chi connectivity index (χ1n) is 5.88. The van der Waals surface area contributed by atoms with Crippen LogP contribution < -0.4 is 10.6 Å². The van der Waals surface area contributed by atoms with Crippen LogP contribution in [0.4, 0.5) is 19.3 Å². The molecule has 0 atom stereocenters. The van der Waals surface area contributed by atoms with Crippen molar-refractivity contribution < 1.29 is 13.6 Å². The Bertz CT molecular complexity index is 643. The minimum Gasteiger partial charge on any atom is -0.333 e. The number of thiazole rings is 1. The molecule has 2 rings (SSSR count). The molecule has 1 aromatic carbocycles. The van der Waals surface area contributed by atoms with Crippen LogP contribution in [0.1, 0.15) is 15.6 Å². The van der Waals surface area contributed by atoms with E-state index in [0.717, 1.165) is 21.6 Å². The monoisotopic (exact) mass is 297 g/mol. The van der Waals surface area contributed by atoms with E-state index in [2.05, 4.69) is 15.6 Å². The van der Waals surface area contributed by atoms with Crippen molar-refractivity contribution in [2.75, 3.05) is 5.32 Å². The third-order valence-corrected chi connectivity index (χ3v) is 3.66. The molecule has 0 saturated heterocycles. The number of nitrogens with zero attached hydrogens (tertiary/aromatic N) is 1. The van der Waals surface area contributed by atoms with Gasteiger partial charge in [-0.1, -0.05) is 0 Å². The van der Waals surface area contributed by atoms with Crippen LogP contribution in [0, 0.1) is 25.5 Å². The molecule has 0 unspecified atom stereocenters. The Morgan fingerprint density at radius 2 is 2.10 bits per heavy atom. The minimum absolute atomic E-state index is 0.0684. The summed E-state index contributed by atoms with van der Waals surface area (Å²) in [6, 6.07) is 2.41. The maximum absolute atomic E-state index is 13.4. The molecule has 2 aromatic rings. The second-order valence-corrected chi connectivity index (χ2v) is 5.46. The number of rotatable bonds is 3. The van der Waals surface area contributed by atoms with Gasteiger partial charge in [-0.25, -0.2) is 18.6 Å². The summed E-state index contributed by atoms with van der Waals surface area (Å²) in [6.45, 7) is 4.05. The summed E-state index contributed by atoms with van der Waals surface area (Å²) in [6.07, 6.45) is 0. The highest BCUT2D eigenvalue weighted by molar-refractivity contribution is 7.11. The Morgan fingerprint density at radius 1 is 1.35 bits per heavy atom. The Labute approximate surface area is 118 Å². The van der Waals surface area contributed by atoms with Crippen LogP contribution in [-0.2, 0) is 6.54 Å². The average molecular weight is 297 g/mol. The van der Waals surface area contributed by atoms with Gasteiger partial charge in [-0.2, -0.15) is 0 Å². The van der Waals surface area contributed by atoms with Crippen LogP contribution in [0.15, 0.2) is 18.2 Å².